The van der Waals surface area contributed by atoms with Crippen LogP contribution in [0, 0.1) is 6.92 Å². The number of carbonyl (C=O) groups is 1. The monoisotopic (exact) mass is 530 g/mol. The van der Waals surface area contributed by atoms with E-state index in [1.54, 1.807) is 18.2 Å². The van der Waals surface area contributed by atoms with Crippen molar-refractivity contribution >= 4 is 44.8 Å². The second kappa shape index (κ2) is 10.4. The van der Waals surface area contributed by atoms with E-state index < -0.39 is 39.2 Å². The van der Waals surface area contributed by atoms with Gasteiger partial charge < -0.3 is 5.32 Å². The lowest BCUT2D eigenvalue weighted by Gasteiger charge is -2.22. The van der Waals surface area contributed by atoms with Gasteiger partial charge in [-0.15, -0.1) is 0 Å². The molecule has 0 atom stereocenters. The van der Waals surface area contributed by atoms with Crippen LogP contribution in [0.15, 0.2) is 71.6 Å². The number of hydrogen-bond acceptors (Lipinski definition) is 3. The van der Waals surface area contributed by atoms with Crippen LogP contribution in [0.3, 0.4) is 0 Å². The molecule has 11 heteroatoms. The highest BCUT2D eigenvalue weighted by Crippen LogP contribution is 2.36. The molecular formula is C23H19Cl2F3N2O3S. The molecule has 3 rings (SSSR count). The smallest absolute Gasteiger partial charge is 0.325 e. The number of carbonyl (C=O) groups excluding carboxylic acids is 1. The van der Waals surface area contributed by atoms with Crippen molar-refractivity contribution in [3.63, 3.8) is 0 Å². The van der Waals surface area contributed by atoms with Gasteiger partial charge in [-0.05, 0) is 55.0 Å². The van der Waals surface area contributed by atoms with Crippen LogP contribution in [-0.2, 0) is 27.5 Å². The minimum Gasteiger partial charge on any atom is -0.325 e. The van der Waals surface area contributed by atoms with E-state index in [-0.39, 0.29) is 17.1 Å². The maximum atomic E-state index is 13.3. The molecule has 0 heterocycles. The van der Waals surface area contributed by atoms with Crippen LogP contribution in [0.4, 0.5) is 18.9 Å². The predicted molar refractivity (Wildman–Crippen MR) is 125 cm³/mol. The molecule has 3 aromatic rings. The molecule has 1 N–H and O–H groups in total. The molecule has 34 heavy (non-hydrogen) atoms. The number of sulfonamides is 1. The van der Waals surface area contributed by atoms with E-state index in [1.165, 1.54) is 30.3 Å². The Hall–Kier alpha value is -2.59. The van der Waals surface area contributed by atoms with Crippen LogP contribution >= 0.6 is 23.2 Å². The summed E-state index contributed by atoms with van der Waals surface area (Å²) < 4.78 is 66.9. The van der Waals surface area contributed by atoms with Gasteiger partial charge in [-0.1, -0.05) is 53.0 Å². The van der Waals surface area contributed by atoms with E-state index in [2.05, 4.69) is 5.32 Å². The van der Waals surface area contributed by atoms with Gasteiger partial charge in [0.05, 0.1) is 22.0 Å². The molecule has 0 fully saturated rings. The Balaban J connectivity index is 1.89. The van der Waals surface area contributed by atoms with Crippen LogP contribution in [-0.4, -0.2) is 25.2 Å². The van der Waals surface area contributed by atoms with Gasteiger partial charge in [0, 0.05) is 17.3 Å². The highest BCUT2D eigenvalue weighted by Gasteiger charge is 2.33. The summed E-state index contributed by atoms with van der Waals surface area (Å²) >= 11 is 11.5. The quantitative estimate of drug-likeness (QED) is 0.398. The number of anilines is 1. The van der Waals surface area contributed by atoms with Crippen molar-refractivity contribution < 1.29 is 26.4 Å². The molecule has 3 aromatic carbocycles. The fourth-order valence-electron chi connectivity index (χ4n) is 3.18. The molecule has 0 aliphatic heterocycles. The third-order valence-electron chi connectivity index (χ3n) is 4.77. The Morgan fingerprint density at radius 1 is 1.00 bits per heavy atom. The zero-order chi connectivity index (χ0) is 25.1. The van der Waals surface area contributed by atoms with E-state index in [0.717, 1.165) is 15.9 Å². The Morgan fingerprint density at radius 2 is 1.68 bits per heavy atom. The molecule has 5 nitrogen and oxygen atoms in total. The molecule has 0 bridgehead atoms. The first kappa shape index (κ1) is 26.0. The number of aryl methyl sites for hydroxylation is 1. The van der Waals surface area contributed by atoms with E-state index in [1.807, 2.05) is 13.0 Å². The topological polar surface area (TPSA) is 66.5 Å². The number of hydrogen-bond donors (Lipinski definition) is 1. The Kier molecular flexibility index (Phi) is 7.92. The zero-order valence-electron chi connectivity index (χ0n) is 17.7. The normalized spacial score (nSPS) is 12.1. The van der Waals surface area contributed by atoms with Gasteiger partial charge in [0.2, 0.25) is 15.9 Å². The number of benzene rings is 3. The van der Waals surface area contributed by atoms with Crippen molar-refractivity contribution in [2.24, 2.45) is 0 Å². The van der Waals surface area contributed by atoms with E-state index in [9.17, 15) is 26.4 Å². The predicted octanol–water partition coefficient (Wildman–Crippen LogP) is 6.15. The molecule has 0 aliphatic carbocycles. The summed E-state index contributed by atoms with van der Waals surface area (Å²) in [5.41, 5.74) is 0.251. The summed E-state index contributed by atoms with van der Waals surface area (Å²) in [6, 6.07) is 15.4. The third kappa shape index (κ3) is 6.50. The van der Waals surface area contributed by atoms with E-state index in [4.69, 9.17) is 23.2 Å². The van der Waals surface area contributed by atoms with Crippen LogP contribution in [0.1, 0.15) is 16.7 Å². The largest absolute Gasteiger partial charge is 0.417 e. The van der Waals surface area contributed by atoms with Gasteiger partial charge >= 0.3 is 6.18 Å². The van der Waals surface area contributed by atoms with Gasteiger partial charge in [-0.3, -0.25) is 4.79 Å². The molecule has 0 radical (unpaired) electrons. The molecule has 0 aliphatic rings. The van der Waals surface area contributed by atoms with E-state index >= 15 is 0 Å². The van der Waals surface area contributed by atoms with Gasteiger partial charge in [-0.2, -0.15) is 17.5 Å². The van der Waals surface area contributed by atoms with Gasteiger partial charge in [0.15, 0.2) is 0 Å². The lowest BCUT2D eigenvalue weighted by molar-refractivity contribution is -0.137. The molecule has 0 spiro atoms. The minimum absolute atomic E-state index is 0.0804. The first-order valence-corrected chi connectivity index (χ1v) is 12.0. The zero-order valence-corrected chi connectivity index (χ0v) is 20.1. The van der Waals surface area contributed by atoms with Crippen molar-refractivity contribution in [3.8, 4) is 0 Å². The Labute approximate surface area is 205 Å². The molecule has 1 amide bonds. The number of amides is 1. The fraction of sp³-hybridized carbons (Fsp3) is 0.174. The number of alkyl halides is 3. The minimum atomic E-state index is -4.72. The van der Waals surface area contributed by atoms with Crippen molar-refractivity contribution in [1.82, 2.24) is 4.31 Å². The van der Waals surface area contributed by atoms with Gasteiger partial charge in [0.25, 0.3) is 0 Å². The molecule has 0 unspecified atom stereocenters. The lowest BCUT2D eigenvalue weighted by Crippen LogP contribution is -2.37. The highest BCUT2D eigenvalue weighted by atomic mass is 35.5. The van der Waals surface area contributed by atoms with Gasteiger partial charge in [0.1, 0.15) is 0 Å². The Morgan fingerprint density at radius 3 is 2.29 bits per heavy atom. The van der Waals surface area contributed by atoms with Crippen LogP contribution in [0.2, 0.25) is 10.0 Å². The average molecular weight is 531 g/mol. The summed E-state index contributed by atoms with van der Waals surface area (Å²) in [6.45, 7) is 1.07. The standard InChI is InChI=1S/C23H19Cl2F3N2O3S/c1-15-3-2-4-16(11-15)13-30(34(32,33)19-8-5-17(24)6-9-19)14-22(31)29-18-7-10-21(25)20(12-18)23(26,27)28/h2-12H,13-14H2,1H3,(H,29,31). The fourth-order valence-corrected chi connectivity index (χ4v) is 4.91. The maximum Gasteiger partial charge on any atom is 0.417 e. The highest BCUT2D eigenvalue weighted by molar-refractivity contribution is 7.89. The van der Waals surface area contributed by atoms with Crippen molar-refractivity contribution in [3.05, 3.63) is 93.5 Å². The first-order valence-electron chi connectivity index (χ1n) is 9.84. The summed E-state index contributed by atoms with van der Waals surface area (Å²) in [4.78, 5) is 12.6. The van der Waals surface area contributed by atoms with Crippen molar-refractivity contribution in [2.45, 2.75) is 24.5 Å². The number of nitrogens with one attached hydrogen (secondary N) is 1. The third-order valence-corrected chi connectivity index (χ3v) is 7.16. The van der Waals surface area contributed by atoms with Crippen LogP contribution in [0.5, 0.6) is 0 Å². The SMILES string of the molecule is Cc1cccc(CN(CC(=O)Nc2ccc(Cl)c(C(F)(F)F)c2)S(=O)(=O)c2ccc(Cl)cc2)c1. The van der Waals surface area contributed by atoms with Crippen LogP contribution in [0.25, 0.3) is 0 Å². The van der Waals surface area contributed by atoms with Gasteiger partial charge in [-0.25, -0.2) is 8.42 Å². The Bertz CT molecular complexity index is 1300. The lowest BCUT2D eigenvalue weighted by atomic mass is 10.1. The number of rotatable bonds is 7. The molecule has 0 saturated carbocycles. The second-order valence-corrected chi connectivity index (χ2v) is 10.2. The maximum absolute atomic E-state index is 13.3. The summed E-state index contributed by atoms with van der Waals surface area (Å²) in [5, 5.41) is 2.14. The molecule has 180 valence electrons. The summed E-state index contributed by atoms with van der Waals surface area (Å²) in [5.74, 6) is -0.819. The van der Waals surface area contributed by atoms with Crippen LogP contribution < -0.4 is 5.32 Å². The number of halogens is 5. The average Bonchev–Trinajstić information content (AvgIpc) is 2.74. The number of nitrogens with zero attached hydrogens (tertiary/aromatic N) is 1. The molecule has 0 saturated heterocycles. The van der Waals surface area contributed by atoms with Crippen molar-refractivity contribution in [2.75, 3.05) is 11.9 Å². The van der Waals surface area contributed by atoms with Crippen molar-refractivity contribution in [1.29, 1.82) is 0 Å². The molecular weight excluding hydrogens is 512 g/mol. The summed E-state index contributed by atoms with van der Waals surface area (Å²) in [6.07, 6.45) is -4.72. The molecule has 0 aromatic heterocycles. The first-order chi connectivity index (χ1) is 15.9. The summed E-state index contributed by atoms with van der Waals surface area (Å²) in [7, 11) is -4.14. The van der Waals surface area contributed by atoms with E-state index in [0.29, 0.717) is 16.7 Å². The second-order valence-electron chi connectivity index (χ2n) is 7.46.